The van der Waals surface area contributed by atoms with Crippen LogP contribution in [-0.4, -0.2) is 48.7 Å². The normalized spacial score (nSPS) is 19.7. The second-order valence-corrected chi connectivity index (χ2v) is 9.44. The Bertz CT molecular complexity index is 1190. The van der Waals surface area contributed by atoms with Gasteiger partial charge in [0, 0.05) is 36.9 Å². The number of carboxylic acids is 1. The van der Waals surface area contributed by atoms with Crippen LogP contribution in [0.3, 0.4) is 0 Å². The van der Waals surface area contributed by atoms with E-state index in [0.717, 1.165) is 21.8 Å². The minimum absolute atomic E-state index is 0.0283. The van der Waals surface area contributed by atoms with Crippen LogP contribution in [0.2, 0.25) is 0 Å². The fourth-order valence-electron chi connectivity index (χ4n) is 3.80. The summed E-state index contributed by atoms with van der Waals surface area (Å²) in [6, 6.07) is 14.8. The first kappa shape index (κ1) is 25.8. The number of nitrogens with one attached hydrogen (secondary N) is 1. The second kappa shape index (κ2) is 12.1. The van der Waals surface area contributed by atoms with E-state index in [2.05, 4.69) is 15.5 Å². The van der Waals surface area contributed by atoms with Crippen molar-refractivity contribution in [1.82, 2.24) is 14.8 Å². The smallest absolute Gasteiger partial charge is 0.303 e. The van der Waals surface area contributed by atoms with Crippen LogP contribution in [0.4, 0.5) is 5.69 Å². The number of thioether (sulfide) groups is 1. The molecule has 3 atom stereocenters. The molecule has 3 N–H and O–H groups in total. The van der Waals surface area contributed by atoms with Gasteiger partial charge in [0.15, 0.2) is 11.4 Å². The number of aromatic nitrogens is 3. The first-order valence-electron chi connectivity index (χ1n) is 11.5. The van der Waals surface area contributed by atoms with Crippen LogP contribution in [0, 0.1) is 0 Å². The summed E-state index contributed by atoms with van der Waals surface area (Å²) >= 11 is 1.55. The third-order valence-corrected chi connectivity index (χ3v) is 6.86. The summed E-state index contributed by atoms with van der Waals surface area (Å²) in [5.41, 5.74) is 3.07. The molecule has 2 heterocycles. The van der Waals surface area contributed by atoms with Crippen molar-refractivity contribution >= 4 is 29.3 Å². The zero-order chi connectivity index (χ0) is 25.5. The minimum Gasteiger partial charge on any atom is -0.481 e. The van der Waals surface area contributed by atoms with E-state index in [-0.39, 0.29) is 37.6 Å². The molecule has 0 saturated carbocycles. The van der Waals surface area contributed by atoms with E-state index in [4.69, 9.17) is 14.6 Å². The lowest BCUT2D eigenvalue weighted by molar-refractivity contribution is -0.245. The Morgan fingerprint density at radius 2 is 1.94 bits per heavy atom. The number of aliphatic carboxylic acids is 1. The molecule has 1 aromatic heterocycles. The van der Waals surface area contributed by atoms with Gasteiger partial charge in [-0.2, -0.15) is 0 Å². The number of hydrogen-bond donors (Lipinski definition) is 3. The summed E-state index contributed by atoms with van der Waals surface area (Å²) < 4.78 is 14.5. The molecule has 1 saturated heterocycles. The molecule has 1 amide bonds. The lowest BCUT2D eigenvalue weighted by Gasteiger charge is -2.36. The predicted octanol–water partition coefficient (Wildman–Crippen LogP) is 3.45. The molecule has 10 nitrogen and oxygen atoms in total. The zero-order valence-electron chi connectivity index (χ0n) is 19.7. The van der Waals surface area contributed by atoms with E-state index in [1.54, 1.807) is 36.3 Å². The van der Waals surface area contributed by atoms with Crippen molar-refractivity contribution in [3.8, 4) is 0 Å². The Kier molecular flexibility index (Phi) is 8.70. The average molecular weight is 513 g/mol. The number of carbonyl (C=O) groups excluding carboxylic acids is 1. The van der Waals surface area contributed by atoms with Gasteiger partial charge in [-0.05, 0) is 23.3 Å². The lowest BCUT2D eigenvalue weighted by atomic mass is 10.0. The Hall–Kier alpha value is -3.25. The Labute approximate surface area is 212 Å². The number of amides is 1. The molecular weight excluding hydrogens is 484 g/mol. The van der Waals surface area contributed by atoms with Gasteiger partial charge in [-0.3, -0.25) is 9.59 Å². The summed E-state index contributed by atoms with van der Waals surface area (Å²) in [4.78, 5) is 22.8. The number of benzene rings is 2. The van der Waals surface area contributed by atoms with Gasteiger partial charge < -0.3 is 29.6 Å². The molecule has 1 aliphatic heterocycles. The van der Waals surface area contributed by atoms with E-state index in [1.807, 2.05) is 41.9 Å². The van der Waals surface area contributed by atoms with Gasteiger partial charge in [0.25, 0.3) is 0 Å². The van der Waals surface area contributed by atoms with E-state index < -0.39 is 12.3 Å². The van der Waals surface area contributed by atoms with Crippen LogP contribution in [0.5, 0.6) is 0 Å². The number of ether oxygens (including phenoxy) is 2. The van der Waals surface area contributed by atoms with Gasteiger partial charge >= 0.3 is 5.97 Å². The van der Waals surface area contributed by atoms with Gasteiger partial charge in [-0.25, -0.2) is 0 Å². The first-order chi connectivity index (χ1) is 17.4. The van der Waals surface area contributed by atoms with Gasteiger partial charge in [-0.15, -0.1) is 10.2 Å². The molecule has 0 aliphatic carbocycles. The zero-order valence-corrected chi connectivity index (χ0v) is 20.6. The molecule has 0 bridgehead atoms. The topological polar surface area (TPSA) is 136 Å². The van der Waals surface area contributed by atoms with Crippen LogP contribution in [0.15, 0.2) is 60.0 Å². The summed E-state index contributed by atoms with van der Waals surface area (Å²) in [6.45, 7) is -0.0283. The van der Waals surface area contributed by atoms with E-state index in [9.17, 15) is 14.7 Å². The van der Waals surface area contributed by atoms with E-state index >= 15 is 0 Å². The molecular formula is C25H28N4O6S. The van der Waals surface area contributed by atoms with Gasteiger partial charge in [0.1, 0.15) is 6.33 Å². The molecule has 1 aliphatic rings. The van der Waals surface area contributed by atoms with Crippen molar-refractivity contribution in [2.45, 2.75) is 49.5 Å². The van der Waals surface area contributed by atoms with Gasteiger partial charge in [0.05, 0.1) is 25.2 Å². The number of carboxylic acid groups (broad SMARTS) is 1. The van der Waals surface area contributed by atoms with Crippen molar-refractivity contribution in [2.24, 2.45) is 7.05 Å². The van der Waals surface area contributed by atoms with Crippen LogP contribution in [0.25, 0.3) is 0 Å². The lowest BCUT2D eigenvalue weighted by Crippen LogP contribution is -2.31. The van der Waals surface area contributed by atoms with E-state index in [1.165, 1.54) is 0 Å². The number of aliphatic hydroxyl groups is 1. The van der Waals surface area contributed by atoms with Crippen molar-refractivity contribution in [3.63, 3.8) is 0 Å². The van der Waals surface area contributed by atoms with Crippen LogP contribution < -0.4 is 5.32 Å². The highest BCUT2D eigenvalue weighted by molar-refractivity contribution is 7.99. The number of rotatable bonds is 10. The number of hydrogen-bond acceptors (Lipinski definition) is 8. The van der Waals surface area contributed by atoms with Gasteiger partial charge in [-0.1, -0.05) is 48.2 Å². The Balaban J connectivity index is 1.51. The van der Waals surface area contributed by atoms with Crippen molar-refractivity contribution < 1.29 is 29.3 Å². The molecule has 4 rings (SSSR count). The van der Waals surface area contributed by atoms with Crippen LogP contribution in [-0.2, 0) is 32.7 Å². The number of anilines is 1. The summed E-state index contributed by atoms with van der Waals surface area (Å²) in [5.74, 6) is -0.755. The maximum absolute atomic E-state index is 12.1. The van der Waals surface area contributed by atoms with Crippen molar-refractivity contribution in [2.75, 3.05) is 11.1 Å². The maximum Gasteiger partial charge on any atom is 0.303 e. The highest BCUT2D eigenvalue weighted by Crippen LogP contribution is 2.39. The summed E-state index contributed by atoms with van der Waals surface area (Å²) in [5, 5.41) is 29.7. The third kappa shape index (κ3) is 6.91. The highest BCUT2D eigenvalue weighted by atomic mass is 32.2. The summed E-state index contributed by atoms with van der Waals surface area (Å²) in [7, 11) is 1.89. The second-order valence-electron chi connectivity index (χ2n) is 8.45. The molecule has 3 aromatic rings. The highest BCUT2D eigenvalue weighted by Gasteiger charge is 2.32. The Morgan fingerprint density at radius 3 is 2.64 bits per heavy atom. The molecule has 190 valence electrons. The molecule has 11 heteroatoms. The number of carbonyl (C=O) groups is 2. The number of aryl methyl sites for hydroxylation is 1. The van der Waals surface area contributed by atoms with Gasteiger partial charge in [0.2, 0.25) is 5.91 Å². The SMILES string of the molecule is Cn1cnnc1SC[C@@H]1C[C@H](c2ccc(CO)cc2)O[C@H](c2cccc(NC(=O)CCC(=O)O)c2)O1. The minimum atomic E-state index is -1.02. The molecule has 0 radical (unpaired) electrons. The van der Waals surface area contributed by atoms with Crippen LogP contribution >= 0.6 is 11.8 Å². The molecule has 1 fully saturated rings. The molecule has 0 spiro atoms. The number of nitrogens with zero attached hydrogens (tertiary/aromatic N) is 3. The van der Waals surface area contributed by atoms with Crippen molar-refractivity contribution in [3.05, 3.63) is 71.5 Å². The quantitative estimate of drug-likeness (QED) is 0.349. The largest absolute Gasteiger partial charge is 0.481 e. The fourth-order valence-corrected chi connectivity index (χ4v) is 4.71. The fraction of sp³-hybridized carbons (Fsp3) is 0.360. The monoisotopic (exact) mass is 512 g/mol. The third-order valence-electron chi connectivity index (χ3n) is 5.69. The maximum atomic E-state index is 12.1. The summed E-state index contributed by atoms with van der Waals surface area (Å²) in [6.07, 6.45) is 0.869. The van der Waals surface area contributed by atoms with Crippen LogP contribution in [0.1, 0.15) is 48.3 Å². The predicted molar refractivity (Wildman–Crippen MR) is 132 cm³/mol. The van der Waals surface area contributed by atoms with Crippen molar-refractivity contribution in [1.29, 1.82) is 0 Å². The first-order valence-corrected chi connectivity index (χ1v) is 12.5. The standard InChI is InChI=1S/C25H28N4O6S/c1-29-15-26-28-25(29)36-14-20-12-21(17-7-5-16(13-30)6-8-17)35-24(34-20)18-3-2-4-19(11-18)27-22(31)9-10-23(32)33/h2-8,11,15,20-21,24,30H,9-10,12-14H2,1H3,(H,27,31)(H,32,33)/t20-,21+,24+/m0/s1. The Morgan fingerprint density at radius 1 is 1.14 bits per heavy atom. The van der Waals surface area contributed by atoms with E-state index in [0.29, 0.717) is 17.9 Å². The molecule has 36 heavy (non-hydrogen) atoms. The molecule has 2 aromatic carbocycles. The average Bonchev–Trinajstić information content (AvgIpc) is 3.30. The molecule has 0 unspecified atom stereocenters. The number of aliphatic hydroxyl groups excluding tert-OH is 1.